The Morgan fingerprint density at radius 2 is 2.46 bits per heavy atom. The van der Waals surface area contributed by atoms with E-state index in [2.05, 4.69) is 10.1 Å². The molecule has 0 aliphatic heterocycles. The molecule has 0 atom stereocenters. The second-order valence-corrected chi connectivity index (χ2v) is 2.47. The van der Waals surface area contributed by atoms with Crippen molar-refractivity contribution in [3.63, 3.8) is 0 Å². The van der Waals surface area contributed by atoms with Crippen LogP contribution in [0.15, 0.2) is 23.5 Å². The van der Waals surface area contributed by atoms with Gasteiger partial charge in [-0.25, -0.2) is 4.98 Å². The van der Waals surface area contributed by atoms with Gasteiger partial charge in [-0.15, -0.1) is 0 Å². The summed E-state index contributed by atoms with van der Waals surface area (Å²) in [5.41, 5.74) is 1.21. The van der Waals surface area contributed by atoms with E-state index in [1.165, 1.54) is 0 Å². The number of ether oxygens (including phenoxy) is 1. The van der Waals surface area contributed by atoms with Crippen LogP contribution in [0.25, 0.3) is 0 Å². The van der Waals surface area contributed by atoms with Gasteiger partial charge >= 0.3 is 0 Å². The van der Waals surface area contributed by atoms with Gasteiger partial charge in [0.1, 0.15) is 0 Å². The van der Waals surface area contributed by atoms with Crippen molar-refractivity contribution in [3.05, 3.63) is 23.9 Å². The highest BCUT2D eigenvalue weighted by Gasteiger charge is 2.06. The average molecular weight is 180 g/mol. The van der Waals surface area contributed by atoms with Crippen LogP contribution >= 0.6 is 0 Å². The smallest absolute Gasteiger partial charge is 0.222 e. The number of oxime groups is 1. The third-order valence-electron chi connectivity index (χ3n) is 1.59. The van der Waals surface area contributed by atoms with E-state index < -0.39 is 0 Å². The lowest BCUT2D eigenvalue weighted by atomic mass is 10.2. The molecule has 1 N–H and O–H groups in total. The van der Waals surface area contributed by atoms with Gasteiger partial charge < -0.3 is 9.94 Å². The van der Waals surface area contributed by atoms with Gasteiger partial charge in [-0.05, 0) is 26.0 Å². The maximum Gasteiger partial charge on any atom is 0.222 e. The van der Waals surface area contributed by atoms with Crippen molar-refractivity contribution in [2.75, 3.05) is 6.61 Å². The maximum absolute atomic E-state index is 8.59. The highest BCUT2D eigenvalue weighted by Crippen LogP contribution is 2.14. The summed E-state index contributed by atoms with van der Waals surface area (Å²) in [5, 5.41) is 11.7. The SMILES string of the molecule is CCOc1ncccc1C(C)=NO. The molecule has 0 aliphatic rings. The van der Waals surface area contributed by atoms with Crippen LogP contribution in [-0.4, -0.2) is 22.5 Å². The zero-order valence-corrected chi connectivity index (χ0v) is 7.69. The van der Waals surface area contributed by atoms with Crippen molar-refractivity contribution in [2.45, 2.75) is 13.8 Å². The quantitative estimate of drug-likeness (QED) is 0.437. The molecule has 1 rings (SSSR count). The lowest BCUT2D eigenvalue weighted by Gasteiger charge is -2.06. The third kappa shape index (κ3) is 2.18. The Morgan fingerprint density at radius 1 is 1.69 bits per heavy atom. The zero-order chi connectivity index (χ0) is 9.68. The number of hydrogen-bond donors (Lipinski definition) is 1. The molecular weight excluding hydrogens is 168 g/mol. The minimum absolute atomic E-state index is 0.497. The largest absolute Gasteiger partial charge is 0.477 e. The van der Waals surface area contributed by atoms with Gasteiger partial charge in [0, 0.05) is 6.20 Å². The molecule has 1 aromatic rings. The minimum Gasteiger partial charge on any atom is -0.477 e. The van der Waals surface area contributed by atoms with Crippen molar-refractivity contribution in [1.29, 1.82) is 0 Å². The summed E-state index contributed by atoms with van der Waals surface area (Å²) in [6.07, 6.45) is 1.64. The van der Waals surface area contributed by atoms with Crippen molar-refractivity contribution < 1.29 is 9.94 Å². The van der Waals surface area contributed by atoms with Crippen LogP contribution in [0.2, 0.25) is 0 Å². The highest BCUT2D eigenvalue weighted by molar-refractivity contribution is 6.00. The first-order valence-corrected chi connectivity index (χ1v) is 4.06. The van der Waals surface area contributed by atoms with Crippen LogP contribution in [0.5, 0.6) is 5.88 Å². The van der Waals surface area contributed by atoms with Gasteiger partial charge in [-0.3, -0.25) is 0 Å². The van der Waals surface area contributed by atoms with Gasteiger partial charge in [0.15, 0.2) is 0 Å². The molecule has 0 saturated heterocycles. The molecule has 0 saturated carbocycles. The molecule has 70 valence electrons. The molecular formula is C9H12N2O2. The molecule has 0 bridgehead atoms. The second-order valence-electron chi connectivity index (χ2n) is 2.47. The van der Waals surface area contributed by atoms with E-state index >= 15 is 0 Å². The van der Waals surface area contributed by atoms with E-state index in [4.69, 9.17) is 9.94 Å². The molecule has 0 unspecified atom stereocenters. The van der Waals surface area contributed by atoms with Gasteiger partial charge in [-0.1, -0.05) is 5.16 Å². The highest BCUT2D eigenvalue weighted by atomic mass is 16.5. The second kappa shape index (κ2) is 4.45. The van der Waals surface area contributed by atoms with E-state index in [0.717, 1.165) is 0 Å². The lowest BCUT2D eigenvalue weighted by Crippen LogP contribution is -2.03. The Labute approximate surface area is 76.9 Å². The first-order chi connectivity index (χ1) is 6.29. The number of nitrogens with zero attached hydrogens (tertiary/aromatic N) is 2. The summed E-state index contributed by atoms with van der Waals surface area (Å²) in [4.78, 5) is 4.02. The molecule has 0 amide bonds. The fourth-order valence-corrected chi connectivity index (χ4v) is 0.972. The van der Waals surface area contributed by atoms with Crippen LogP contribution in [0.3, 0.4) is 0 Å². The van der Waals surface area contributed by atoms with Crippen molar-refractivity contribution in [3.8, 4) is 5.88 Å². The lowest BCUT2D eigenvalue weighted by molar-refractivity contribution is 0.315. The summed E-state index contributed by atoms with van der Waals surface area (Å²) >= 11 is 0. The van der Waals surface area contributed by atoms with Crippen LogP contribution in [0, 0.1) is 0 Å². The number of pyridine rings is 1. The van der Waals surface area contributed by atoms with Crippen molar-refractivity contribution in [2.24, 2.45) is 5.16 Å². The zero-order valence-electron chi connectivity index (χ0n) is 7.69. The molecule has 0 radical (unpaired) electrons. The minimum atomic E-state index is 0.497. The van der Waals surface area contributed by atoms with Gasteiger partial charge in [0.05, 0.1) is 17.9 Å². The maximum atomic E-state index is 8.59. The number of aromatic nitrogens is 1. The molecule has 0 aliphatic carbocycles. The first kappa shape index (κ1) is 9.51. The van der Waals surface area contributed by atoms with E-state index in [0.29, 0.717) is 23.8 Å². The Morgan fingerprint density at radius 3 is 3.08 bits per heavy atom. The topological polar surface area (TPSA) is 54.7 Å². The predicted molar refractivity (Wildman–Crippen MR) is 49.4 cm³/mol. The number of hydrogen-bond acceptors (Lipinski definition) is 4. The van der Waals surface area contributed by atoms with Gasteiger partial charge in [0.25, 0.3) is 0 Å². The molecule has 0 aromatic carbocycles. The first-order valence-electron chi connectivity index (χ1n) is 4.06. The van der Waals surface area contributed by atoms with Crippen LogP contribution in [0.4, 0.5) is 0 Å². The summed E-state index contributed by atoms with van der Waals surface area (Å²) in [6.45, 7) is 4.12. The third-order valence-corrected chi connectivity index (χ3v) is 1.59. The average Bonchev–Trinajstić information content (AvgIpc) is 2.18. The molecule has 0 fully saturated rings. The van der Waals surface area contributed by atoms with Crippen LogP contribution < -0.4 is 4.74 Å². The molecule has 1 aromatic heterocycles. The summed E-state index contributed by atoms with van der Waals surface area (Å²) in [6, 6.07) is 3.57. The fourth-order valence-electron chi connectivity index (χ4n) is 0.972. The molecule has 1 heterocycles. The van der Waals surface area contributed by atoms with E-state index in [9.17, 15) is 0 Å². The summed E-state index contributed by atoms with van der Waals surface area (Å²) in [7, 11) is 0. The van der Waals surface area contributed by atoms with Crippen molar-refractivity contribution >= 4 is 5.71 Å². The Bertz CT molecular complexity index is 310. The normalized spacial score (nSPS) is 11.4. The van der Waals surface area contributed by atoms with E-state index in [1.54, 1.807) is 25.3 Å². The number of rotatable bonds is 3. The van der Waals surface area contributed by atoms with Gasteiger partial charge in [0.2, 0.25) is 5.88 Å². The molecule has 4 heteroatoms. The van der Waals surface area contributed by atoms with E-state index in [-0.39, 0.29) is 0 Å². The molecule has 13 heavy (non-hydrogen) atoms. The van der Waals surface area contributed by atoms with Crippen molar-refractivity contribution in [1.82, 2.24) is 4.98 Å². The molecule has 4 nitrogen and oxygen atoms in total. The van der Waals surface area contributed by atoms with Crippen LogP contribution in [-0.2, 0) is 0 Å². The Kier molecular flexibility index (Phi) is 3.25. The fraction of sp³-hybridized carbons (Fsp3) is 0.333. The Hall–Kier alpha value is -1.58. The predicted octanol–water partition coefficient (Wildman–Crippen LogP) is 1.68. The standard InChI is InChI=1S/C9H12N2O2/c1-3-13-9-8(7(2)11-12)5-4-6-10-9/h4-6,12H,3H2,1-2H3. The summed E-state index contributed by atoms with van der Waals surface area (Å²) in [5.74, 6) is 0.500. The summed E-state index contributed by atoms with van der Waals surface area (Å²) < 4.78 is 5.26. The van der Waals surface area contributed by atoms with Crippen LogP contribution in [0.1, 0.15) is 19.4 Å². The Balaban J connectivity index is 3.04. The monoisotopic (exact) mass is 180 g/mol. The van der Waals surface area contributed by atoms with E-state index in [1.807, 2.05) is 6.92 Å². The van der Waals surface area contributed by atoms with Gasteiger partial charge in [-0.2, -0.15) is 0 Å². The molecule has 0 spiro atoms.